The molecule has 17 heavy (non-hydrogen) atoms. The van der Waals surface area contributed by atoms with Gasteiger partial charge in [-0.15, -0.1) is 0 Å². The number of aryl methyl sites for hydroxylation is 1. The Hall–Kier alpha value is -0.550. The van der Waals surface area contributed by atoms with Crippen molar-refractivity contribution in [2.24, 2.45) is 0 Å². The van der Waals surface area contributed by atoms with Gasteiger partial charge in [0, 0.05) is 16.6 Å². The van der Waals surface area contributed by atoms with Crippen LogP contribution in [0.5, 0.6) is 5.75 Å². The Labute approximate surface area is 111 Å². The minimum atomic E-state index is -2.95. The highest BCUT2D eigenvalue weighted by molar-refractivity contribution is 9.08. The molecule has 0 bridgehead atoms. The molecule has 0 atom stereocenters. The molecule has 1 rings (SSSR count). The van der Waals surface area contributed by atoms with Gasteiger partial charge in [0.25, 0.3) is 0 Å². The van der Waals surface area contributed by atoms with Crippen molar-refractivity contribution in [2.75, 3.05) is 18.1 Å². The molecular weight excluding hydrogens is 304 g/mol. The topological polar surface area (TPSA) is 43.4 Å². The summed E-state index contributed by atoms with van der Waals surface area (Å²) in [5.41, 5.74) is 2.20. The van der Waals surface area contributed by atoms with Crippen molar-refractivity contribution in [1.29, 1.82) is 0 Å². The number of ether oxygens (including phenoxy) is 1. The maximum Gasteiger partial charge on any atom is 0.153 e. The Morgan fingerprint density at radius 2 is 2.06 bits per heavy atom. The van der Waals surface area contributed by atoms with Gasteiger partial charge < -0.3 is 4.74 Å². The Kier molecular flexibility index (Phi) is 5.46. The summed E-state index contributed by atoms with van der Waals surface area (Å²) in [5.74, 6) is 0.980. The van der Waals surface area contributed by atoms with E-state index in [9.17, 15) is 8.42 Å². The molecule has 0 N–H and O–H groups in total. The van der Waals surface area contributed by atoms with Crippen LogP contribution in [-0.4, -0.2) is 26.5 Å². The molecule has 0 spiro atoms. The van der Waals surface area contributed by atoms with Crippen LogP contribution in [0.1, 0.15) is 18.1 Å². The molecule has 0 aliphatic heterocycles. The number of benzene rings is 1. The summed E-state index contributed by atoms with van der Waals surface area (Å²) >= 11 is 3.39. The van der Waals surface area contributed by atoms with E-state index in [2.05, 4.69) is 15.9 Å². The zero-order valence-electron chi connectivity index (χ0n) is 10.1. The average molecular weight is 321 g/mol. The Morgan fingerprint density at radius 3 is 2.65 bits per heavy atom. The predicted molar refractivity (Wildman–Crippen MR) is 73.6 cm³/mol. The molecule has 0 aromatic heterocycles. The lowest BCUT2D eigenvalue weighted by molar-refractivity contribution is 0.338. The number of alkyl halides is 1. The summed E-state index contributed by atoms with van der Waals surface area (Å²) in [6.07, 6.45) is 0. The number of hydrogen-bond donors (Lipinski definition) is 0. The highest BCUT2D eigenvalue weighted by atomic mass is 79.9. The molecule has 0 fully saturated rings. The normalized spacial score (nSPS) is 11.5. The van der Waals surface area contributed by atoms with E-state index in [0.717, 1.165) is 16.9 Å². The van der Waals surface area contributed by atoms with Crippen LogP contribution < -0.4 is 4.74 Å². The van der Waals surface area contributed by atoms with Gasteiger partial charge in [-0.05, 0) is 13.0 Å². The molecular formula is C12H17BrO3S. The highest BCUT2D eigenvalue weighted by Gasteiger charge is 2.08. The summed E-state index contributed by atoms with van der Waals surface area (Å²) < 4.78 is 28.1. The van der Waals surface area contributed by atoms with Gasteiger partial charge in [0.1, 0.15) is 12.4 Å². The second-order valence-corrected chi connectivity index (χ2v) is 6.86. The van der Waals surface area contributed by atoms with Crippen molar-refractivity contribution < 1.29 is 13.2 Å². The average Bonchev–Trinajstić information content (AvgIpc) is 2.30. The van der Waals surface area contributed by atoms with Crippen LogP contribution in [0.25, 0.3) is 0 Å². The number of halogens is 1. The largest absolute Gasteiger partial charge is 0.492 e. The standard InChI is InChI=1S/C12H17BrO3S/c1-3-17(14,15)7-6-16-12-5-4-10(2)8-11(12)9-13/h4-5,8H,3,6-7,9H2,1-2H3. The first-order valence-electron chi connectivity index (χ1n) is 5.47. The maximum absolute atomic E-state index is 11.3. The van der Waals surface area contributed by atoms with Crippen LogP contribution >= 0.6 is 15.9 Å². The number of hydrogen-bond acceptors (Lipinski definition) is 3. The monoisotopic (exact) mass is 320 g/mol. The van der Waals surface area contributed by atoms with Gasteiger partial charge in [0.05, 0.1) is 5.75 Å². The van der Waals surface area contributed by atoms with Crippen molar-refractivity contribution in [3.8, 4) is 5.75 Å². The van der Waals surface area contributed by atoms with Crippen molar-refractivity contribution in [3.63, 3.8) is 0 Å². The maximum atomic E-state index is 11.3. The van der Waals surface area contributed by atoms with Crippen LogP contribution in [-0.2, 0) is 15.2 Å². The molecule has 5 heteroatoms. The first-order chi connectivity index (χ1) is 7.98. The van der Waals surface area contributed by atoms with Crippen molar-refractivity contribution in [1.82, 2.24) is 0 Å². The van der Waals surface area contributed by atoms with Gasteiger partial charge in [-0.2, -0.15) is 0 Å². The van der Waals surface area contributed by atoms with Gasteiger partial charge in [-0.1, -0.05) is 40.5 Å². The molecule has 0 heterocycles. The summed E-state index contributed by atoms with van der Waals surface area (Å²) in [6, 6.07) is 5.86. The van der Waals surface area contributed by atoms with Gasteiger partial charge in [-0.3, -0.25) is 0 Å². The van der Waals surface area contributed by atoms with Gasteiger partial charge in [-0.25, -0.2) is 8.42 Å². The lowest BCUT2D eigenvalue weighted by atomic mass is 10.1. The van der Waals surface area contributed by atoms with Gasteiger partial charge >= 0.3 is 0 Å². The first kappa shape index (κ1) is 14.5. The number of rotatable bonds is 6. The molecule has 0 unspecified atom stereocenters. The van der Waals surface area contributed by atoms with E-state index in [1.165, 1.54) is 0 Å². The second kappa shape index (κ2) is 6.40. The fourth-order valence-corrected chi connectivity index (χ4v) is 2.44. The van der Waals surface area contributed by atoms with Crippen molar-refractivity contribution in [3.05, 3.63) is 29.3 Å². The molecule has 0 amide bonds. The van der Waals surface area contributed by atoms with E-state index < -0.39 is 9.84 Å². The van der Waals surface area contributed by atoms with E-state index in [1.807, 2.05) is 25.1 Å². The molecule has 3 nitrogen and oxygen atoms in total. The highest BCUT2D eigenvalue weighted by Crippen LogP contribution is 2.22. The SMILES string of the molecule is CCS(=O)(=O)CCOc1ccc(C)cc1CBr. The van der Waals surface area contributed by atoms with Crippen LogP contribution in [0, 0.1) is 6.92 Å². The molecule has 0 aliphatic carbocycles. The Bertz CT molecular complexity index is 469. The summed E-state index contributed by atoms with van der Waals surface area (Å²) in [4.78, 5) is 0. The summed E-state index contributed by atoms with van der Waals surface area (Å²) in [6.45, 7) is 3.86. The van der Waals surface area contributed by atoms with Crippen LogP contribution in [0.2, 0.25) is 0 Å². The predicted octanol–water partition coefficient (Wildman–Crippen LogP) is 2.70. The summed E-state index contributed by atoms with van der Waals surface area (Å²) in [7, 11) is -2.95. The van der Waals surface area contributed by atoms with Crippen molar-refractivity contribution >= 4 is 25.8 Å². The third-order valence-corrected chi connectivity index (χ3v) is 4.72. The van der Waals surface area contributed by atoms with E-state index in [1.54, 1.807) is 6.92 Å². The lowest BCUT2D eigenvalue weighted by Gasteiger charge is -2.10. The molecule has 96 valence electrons. The van der Waals surface area contributed by atoms with E-state index in [4.69, 9.17) is 4.74 Å². The molecule has 0 aliphatic rings. The summed E-state index contributed by atoms with van der Waals surface area (Å²) in [5, 5.41) is 0.699. The molecule has 1 aromatic carbocycles. The minimum Gasteiger partial charge on any atom is -0.492 e. The first-order valence-corrected chi connectivity index (χ1v) is 8.41. The fraction of sp³-hybridized carbons (Fsp3) is 0.500. The Morgan fingerprint density at radius 1 is 1.35 bits per heavy atom. The molecule has 0 saturated heterocycles. The van der Waals surface area contributed by atoms with Crippen LogP contribution in [0.3, 0.4) is 0 Å². The fourth-order valence-electron chi connectivity index (χ4n) is 1.38. The third kappa shape index (κ3) is 4.68. The third-order valence-electron chi connectivity index (χ3n) is 2.45. The zero-order valence-corrected chi connectivity index (χ0v) is 12.5. The zero-order chi connectivity index (χ0) is 12.9. The van der Waals surface area contributed by atoms with Gasteiger partial charge in [0.2, 0.25) is 0 Å². The van der Waals surface area contributed by atoms with E-state index >= 15 is 0 Å². The van der Waals surface area contributed by atoms with Crippen LogP contribution in [0.15, 0.2) is 18.2 Å². The Balaban J connectivity index is 2.64. The number of sulfone groups is 1. The second-order valence-electron chi connectivity index (χ2n) is 3.83. The lowest BCUT2D eigenvalue weighted by Crippen LogP contribution is -2.16. The smallest absolute Gasteiger partial charge is 0.153 e. The quantitative estimate of drug-likeness (QED) is 0.757. The van der Waals surface area contributed by atoms with E-state index in [0.29, 0.717) is 5.33 Å². The van der Waals surface area contributed by atoms with E-state index in [-0.39, 0.29) is 18.1 Å². The minimum absolute atomic E-state index is 0.0686. The van der Waals surface area contributed by atoms with Crippen molar-refractivity contribution in [2.45, 2.75) is 19.2 Å². The van der Waals surface area contributed by atoms with Crippen LogP contribution in [0.4, 0.5) is 0 Å². The van der Waals surface area contributed by atoms with Gasteiger partial charge in [0.15, 0.2) is 9.84 Å². The molecule has 0 radical (unpaired) electrons. The molecule has 1 aromatic rings. The molecule has 0 saturated carbocycles.